The fourth-order valence-corrected chi connectivity index (χ4v) is 2.69. The van der Waals surface area contributed by atoms with Crippen molar-refractivity contribution in [1.82, 2.24) is 0 Å². The smallest absolute Gasteiger partial charge is 0.335 e. The summed E-state index contributed by atoms with van der Waals surface area (Å²) in [7, 11) is 1.65. The molecule has 1 atom stereocenters. The van der Waals surface area contributed by atoms with Crippen LogP contribution >= 0.6 is 0 Å². The standard InChI is InChI=1S/C17H16O4/c1-20-15-6-3-7-16-13(15)8-9-14(21-16)11-4-2-5-12(10-11)17(18)19/h2-7,10,14H,8-9H2,1H3,(H,18,19). The van der Waals surface area contributed by atoms with E-state index in [0.717, 1.165) is 35.5 Å². The van der Waals surface area contributed by atoms with Gasteiger partial charge in [0.05, 0.1) is 12.7 Å². The van der Waals surface area contributed by atoms with Gasteiger partial charge in [-0.15, -0.1) is 0 Å². The molecule has 4 nitrogen and oxygen atoms in total. The largest absolute Gasteiger partial charge is 0.496 e. The lowest BCUT2D eigenvalue weighted by Gasteiger charge is -2.27. The Hall–Kier alpha value is -2.49. The summed E-state index contributed by atoms with van der Waals surface area (Å²) in [6.07, 6.45) is 1.53. The van der Waals surface area contributed by atoms with Crippen molar-refractivity contribution in [3.63, 3.8) is 0 Å². The summed E-state index contributed by atoms with van der Waals surface area (Å²) in [4.78, 5) is 11.1. The second-order valence-corrected chi connectivity index (χ2v) is 5.01. The fraction of sp³-hybridized carbons (Fsp3) is 0.235. The second kappa shape index (κ2) is 5.48. The van der Waals surface area contributed by atoms with Crippen molar-refractivity contribution in [3.05, 3.63) is 59.2 Å². The normalized spacial score (nSPS) is 16.7. The van der Waals surface area contributed by atoms with Gasteiger partial charge in [-0.1, -0.05) is 18.2 Å². The average Bonchev–Trinajstić information content (AvgIpc) is 2.53. The molecule has 2 aromatic carbocycles. The predicted molar refractivity (Wildman–Crippen MR) is 78.1 cm³/mol. The topological polar surface area (TPSA) is 55.8 Å². The maximum Gasteiger partial charge on any atom is 0.335 e. The Morgan fingerprint density at radius 2 is 2.10 bits per heavy atom. The number of methoxy groups -OCH3 is 1. The average molecular weight is 284 g/mol. The molecule has 1 N–H and O–H groups in total. The predicted octanol–water partition coefficient (Wildman–Crippen LogP) is 3.46. The molecule has 0 radical (unpaired) electrons. The Morgan fingerprint density at radius 3 is 2.86 bits per heavy atom. The Kier molecular flexibility index (Phi) is 3.52. The summed E-state index contributed by atoms with van der Waals surface area (Å²) < 4.78 is 11.4. The zero-order valence-electron chi connectivity index (χ0n) is 11.7. The molecule has 1 unspecified atom stereocenters. The van der Waals surface area contributed by atoms with Crippen molar-refractivity contribution in [1.29, 1.82) is 0 Å². The first-order valence-electron chi connectivity index (χ1n) is 6.85. The van der Waals surface area contributed by atoms with E-state index >= 15 is 0 Å². The molecule has 0 aliphatic carbocycles. The van der Waals surface area contributed by atoms with Gasteiger partial charge in [0.15, 0.2) is 0 Å². The highest BCUT2D eigenvalue weighted by Crippen LogP contribution is 2.39. The third-order valence-corrected chi connectivity index (χ3v) is 3.74. The summed E-state index contributed by atoms with van der Waals surface area (Å²) in [5.74, 6) is 0.728. The van der Waals surface area contributed by atoms with E-state index in [2.05, 4.69) is 0 Å². The van der Waals surface area contributed by atoms with Crippen molar-refractivity contribution >= 4 is 5.97 Å². The van der Waals surface area contributed by atoms with Gasteiger partial charge in [-0.2, -0.15) is 0 Å². The minimum atomic E-state index is -0.922. The van der Waals surface area contributed by atoms with Crippen LogP contribution in [0.3, 0.4) is 0 Å². The second-order valence-electron chi connectivity index (χ2n) is 5.01. The Bertz CT molecular complexity index is 678. The van der Waals surface area contributed by atoms with E-state index in [-0.39, 0.29) is 11.7 Å². The van der Waals surface area contributed by atoms with E-state index in [4.69, 9.17) is 14.6 Å². The van der Waals surface area contributed by atoms with Crippen LogP contribution in [0.5, 0.6) is 11.5 Å². The van der Waals surface area contributed by atoms with Gasteiger partial charge in [0.25, 0.3) is 0 Å². The van der Waals surface area contributed by atoms with E-state index < -0.39 is 5.97 Å². The van der Waals surface area contributed by atoms with E-state index in [1.807, 2.05) is 24.3 Å². The van der Waals surface area contributed by atoms with Gasteiger partial charge in [-0.25, -0.2) is 4.79 Å². The summed E-state index contributed by atoms with van der Waals surface area (Å²) in [6, 6.07) is 12.7. The molecular formula is C17H16O4. The molecule has 0 saturated heterocycles. The van der Waals surface area contributed by atoms with Gasteiger partial charge in [-0.05, 0) is 42.7 Å². The zero-order chi connectivity index (χ0) is 14.8. The third-order valence-electron chi connectivity index (χ3n) is 3.74. The van der Waals surface area contributed by atoms with Gasteiger partial charge in [0.2, 0.25) is 0 Å². The monoisotopic (exact) mass is 284 g/mol. The fourth-order valence-electron chi connectivity index (χ4n) is 2.69. The number of carbonyl (C=O) groups is 1. The van der Waals surface area contributed by atoms with E-state index in [0.29, 0.717) is 0 Å². The lowest BCUT2D eigenvalue weighted by molar-refractivity contribution is 0.0696. The molecule has 0 spiro atoms. The van der Waals surface area contributed by atoms with Crippen LogP contribution in [-0.2, 0) is 6.42 Å². The highest BCUT2D eigenvalue weighted by atomic mass is 16.5. The van der Waals surface area contributed by atoms with Crippen molar-refractivity contribution in [2.75, 3.05) is 7.11 Å². The maximum absolute atomic E-state index is 11.1. The molecule has 0 bridgehead atoms. The number of benzene rings is 2. The third kappa shape index (κ3) is 2.57. The first-order chi connectivity index (χ1) is 10.2. The molecule has 0 amide bonds. The number of hydrogen-bond donors (Lipinski definition) is 1. The lowest BCUT2D eigenvalue weighted by atomic mass is 9.96. The van der Waals surface area contributed by atoms with E-state index in [9.17, 15) is 4.79 Å². The number of carboxylic acid groups (broad SMARTS) is 1. The highest BCUT2D eigenvalue weighted by molar-refractivity contribution is 5.87. The molecular weight excluding hydrogens is 268 g/mol. The highest BCUT2D eigenvalue weighted by Gasteiger charge is 2.24. The molecule has 1 heterocycles. The van der Waals surface area contributed by atoms with Crippen LogP contribution in [0, 0.1) is 0 Å². The van der Waals surface area contributed by atoms with Crippen molar-refractivity contribution in [2.24, 2.45) is 0 Å². The summed E-state index contributed by atoms with van der Waals surface area (Å²) in [5.41, 5.74) is 2.25. The quantitative estimate of drug-likeness (QED) is 0.937. The first-order valence-corrected chi connectivity index (χ1v) is 6.85. The number of aromatic carboxylic acids is 1. The van der Waals surface area contributed by atoms with Crippen LogP contribution in [0.2, 0.25) is 0 Å². The van der Waals surface area contributed by atoms with Crippen molar-refractivity contribution < 1.29 is 19.4 Å². The van der Waals surface area contributed by atoms with Crippen LogP contribution in [0.25, 0.3) is 0 Å². The molecule has 3 rings (SSSR count). The number of carboxylic acids is 1. The van der Waals surface area contributed by atoms with Gasteiger partial charge in [0, 0.05) is 5.56 Å². The van der Waals surface area contributed by atoms with E-state index in [1.54, 1.807) is 25.3 Å². The van der Waals surface area contributed by atoms with E-state index in [1.165, 1.54) is 0 Å². The van der Waals surface area contributed by atoms with Gasteiger partial charge >= 0.3 is 5.97 Å². The number of hydrogen-bond acceptors (Lipinski definition) is 3. The minimum Gasteiger partial charge on any atom is -0.496 e. The lowest BCUT2D eigenvalue weighted by Crippen LogP contribution is -2.16. The molecule has 1 aliphatic rings. The van der Waals surface area contributed by atoms with Crippen molar-refractivity contribution in [3.8, 4) is 11.5 Å². The van der Waals surface area contributed by atoms with Crippen LogP contribution in [0.15, 0.2) is 42.5 Å². The molecule has 21 heavy (non-hydrogen) atoms. The number of rotatable bonds is 3. The molecule has 0 saturated carbocycles. The van der Waals surface area contributed by atoms with Crippen LogP contribution in [0.4, 0.5) is 0 Å². The molecule has 108 valence electrons. The van der Waals surface area contributed by atoms with Gasteiger partial charge < -0.3 is 14.6 Å². The summed E-state index contributed by atoms with van der Waals surface area (Å²) >= 11 is 0. The SMILES string of the molecule is COc1cccc2c1CCC(c1cccc(C(=O)O)c1)O2. The molecule has 0 fully saturated rings. The van der Waals surface area contributed by atoms with Crippen molar-refractivity contribution in [2.45, 2.75) is 18.9 Å². The van der Waals surface area contributed by atoms with Gasteiger partial charge in [0.1, 0.15) is 17.6 Å². The summed E-state index contributed by atoms with van der Waals surface area (Å²) in [5, 5.41) is 9.08. The van der Waals surface area contributed by atoms with Crippen LogP contribution < -0.4 is 9.47 Å². The Labute approximate surface area is 122 Å². The molecule has 4 heteroatoms. The minimum absolute atomic E-state index is 0.121. The summed E-state index contributed by atoms with van der Waals surface area (Å²) in [6.45, 7) is 0. The Morgan fingerprint density at radius 1 is 1.29 bits per heavy atom. The maximum atomic E-state index is 11.1. The van der Waals surface area contributed by atoms with Crippen LogP contribution in [-0.4, -0.2) is 18.2 Å². The number of ether oxygens (including phenoxy) is 2. The molecule has 1 aliphatic heterocycles. The van der Waals surface area contributed by atoms with Gasteiger partial charge in [-0.3, -0.25) is 0 Å². The Balaban J connectivity index is 1.90. The molecule has 2 aromatic rings. The number of fused-ring (bicyclic) bond motifs is 1. The first kappa shape index (κ1) is 13.5. The zero-order valence-corrected chi connectivity index (χ0v) is 11.7. The molecule has 0 aromatic heterocycles. The van der Waals surface area contributed by atoms with Crippen LogP contribution in [0.1, 0.15) is 34.0 Å².